The van der Waals surface area contributed by atoms with Crippen molar-refractivity contribution in [1.82, 2.24) is 20.3 Å². The number of amides is 1. The fourth-order valence-corrected chi connectivity index (χ4v) is 3.32. The lowest BCUT2D eigenvalue weighted by molar-refractivity contribution is -0.117. The van der Waals surface area contributed by atoms with Crippen LogP contribution in [0.4, 0.5) is 5.95 Å². The van der Waals surface area contributed by atoms with Crippen molar-refractivity contribution in [3.05, 3.63) is 11.8 Å². The minimum Gasteiger partial charge on any atom is -0.361 e. The van der Waals surface area contributed by atoms with Crippen LogP contribution >= 0.6 is 0 Å². The average molecular weight is 353 g/mol. The summed E-state index contributed by atoms with van der Waals surface area (Å²) in [4.78, 5) is 16.6. The van der Waals surface area contributed by atoms with Crippen molar-refractivity contribution in [2.45, 2.75) is 45.8 Å². The monoisotopic (exact) mass is 353 g/mol. The van der Waals surface area contributed by atoms with Crippen molar-refractivity contribution >= 4 is 22.7 Å². The summed E-state index contributed by atoms with van der Waals surface area (Å²) in [5.74, 6) is 1.69. The summed E-state index contributed by atoms with van der Waals surface area (Å²) in [5, 5.41) is 13.1. The van der Waals surface area contributed by atoms with E-state index in [1.54, 1.807) is 26.8 Å². The van der Waals surface area contributed by atoms with E-state index in [0.717, 1.165) is 6.42 Å². The molecule has 0 spiro atoms. The van der Waals surface area contributed by atoms with Gasteiger partial charge in [-0.25, -0.2) is 0 Å². The number of carbonyl (C=O) groups excluding carboxylic acids is 1. The van der Waals surface area contributed by atoms with Crippen LogP contribution in [0.5, 0.6) is 0 Å². The van der Waals surface area contributed by atoms with Gasteiger partial charge in [-0.2, -0.15) is 4.98 Å². The minimum absolute atomic E-state index is 0.115. The number of H-pyrrole nitrogens is 1. The van der Waals surface area contributed by atoms with Gasteiger partial charge in [0.15, 0.2) is 11.5 Å². The molecule has 0 aromatic carbocycles. The van der Waals surface area contributed by atoms with E-state index in [2.05, 4.69) is 39.5 Å². The van der Waals surface area contributed by atoms with Crippen molar-refractivity contribution < 1.29 is 13.5 Å². The maximum absolute atomic E-state index is 12.4. The number of carbonyl (C=O) groups is 1. The fraction of sp³-hybridized carbons (Fsp3) is 0.600. The van der Waals surface area contributed by atoms with Crippen LogP contribution in [0.25, 0.3) is 11.5 Å². The number of anilines is 1. The highest BCUT2D eigenvalue weighted by Crippen LogP contribution is 2.19. The molecule has 0 aliphatic heterocycles. The van der Waals surface area contributed by atoms with Crippen molar-refractivity contribution in [3.63, 3.8) is 0 Å². The molecule has 1 amide bonds. The van der Waals surface area contributed by atoms with Gasteiger partial charge in [0.1, 0.15) is 10.5 Å². The highest BCUT2D eigenvalue weighted by molar-refractivity contribution is 7.87. The molecule has 2 N–H and O–H groups in total. The molecule has 24 heavy (non-hydrogen) atoms. The summed E-state index contributed by atoms with van der Waals surface area (Å²) in [6.45, 7) is 9.21. The zero-order chi connectivity index (χ0) is 17.9. The number of nitrogens with zero attached hydrogens (tertiary/aromatic N) is 3. The number of rotatable bonds is 7. The lowest BCUT2D eigenvalue weighted by Gasteiger charge is -2.22. The van der Waals surface area contributed by atoms with Crippen LogP contribution in [0, 0.1) is 12.8 Å². The molecular formula is C15H23N5O3S. The molecule has 1 atom stereocenters. The number of aromatic amines is 1. The molecule has 0 aliphatic rings. The first kappa shape index (κ1) is 18.3. The van der Waals surface area contributed by atoms with Crippen LogP contribution in [0.2, 0.25) is 0 Å². The molecule has 2 heterocycles. The quantitative estimate of drug-likeness (QED) is 0.789. The van der Waals surface area contributed by atoms with Gasteiger partial charge in [-0.3, -0.25) is 19.4 Å². The van der Waals surface area contributed by atoms with E-state index in [0.29, 0.717) is 28.9 Å². The molecule has 8 nitrogen and oxygen atoms in total. The van der Waals surface area contributed by atoms with Gasteiger partial charge in [0.25, 0.3) is 0 Å². The van der Waals surface area contributed by atoms with E-state index in [-0.39, 0.29) is 11.9 Å². The normalized spacial score (nSPS) is 13.2. The zero-order valence-electron chi connectivity index (χ0n) is 14.5. The molecule has 9 heteroatoms. The van der Waals surface area contributed by atoms with Gasteiger partial charge in [0.05, 0.1) is 0 Å². The Morgan fingerprint density at radius 3 is 2.75 bits per heavy atom. The summed E-state index contributed by atoms with van der Waals surface area (Å²) in [5.41, 5.74) is 0.500. The van der Waals surface area contributed by atoms with Crippen molar-refractivity contribution in [3.8, 4) is 11.5 Å². The van der Waals surface area contributed by atoms with Gasteiger partial charge in [-0.05, 0) is 33.1 Å². The molecule has 2 aromatic rings. The Morgan fingerprint density at radius 2 is 2.17 bits per heavy atom. The van der Waals surface area contributed by atoms with Crippen molar-refractivity contribution in [1.29, 1.82) is 0 Å². The minimum atomic E-state index is -1.29. The Balaban J connectivity index is 2.03. The van der Waals surface area contributed by atoms with E-state index < -0.39 is 15.5 Å². The molecule has 132 valence electrons. The van der Waals surface area contributed by atoms with E-state index >= 15 is 0 Å². The van der Waals surface area contributed by atoms with Crippen LogP contribution in [0.15, 0.2) is 10.6 Å². The van der Waals surface area contributed by atoms with E-state index in [1.165, 1.54) is 0 Å². The van der Waals surface area contributed by atoms with E-state index in [4.69, 9.17) is 4.52 Å². The predicted octanol–water partition coefficient (Wildman–Crippen LogP) is 2.28. The SMILES string of the molecule is Cc1cc(-c2nc(NC(=O)C(C)(C)S(=O)CCC(C)C)n[nH]2)no1. The Bertz CT molecular complexity index is 735. The number of aryl methyl sites for hydroxylation is 1. The third-order valence-corrected chi connectivity index (χ3v) is 5.51. The van der Waals surface area contributed by atoms with Gasteiger partial charge in [0, 0.05) is 22.6 Å². The number of hydrogen-bond acceptors (Lipinski definition) is 6. The molecular weight excluding hydrogens is 330 g/mol. The highest BCUT2D eigenvalue weighted by Gasteiger charge is 2.35. The van der Waals surface area contributed by atoms with Crippen molar-refractivity contribution in [2.75, 3.05) is 11.1 Å². The molecule has 0 saturated heterocycles. The summed E-state index contributed by atoms with van der Waals surface area (Å²) in [7, 11) is -1.29. The third kappa shape index (κ3) is 4.28. The van der Waals surface area contributed by atoms with Gasteiger partial charge in [-0.15, -0.1) is 5.10 Å². The molecule has 2 aromatic heterocycles. The molecule has 1 unspecified atom stereocenters. The maximum atomic E-state index is 12.4. The number of hydrogen-bond donors (Lipinski definition) is 2. The lowest BCUT2D eigenvalue weighted by atomic mass is 10.2. The smallest absolute Gasteiger partial charge is 0.249 e. The fourth-order valence-electron chi connectivity index (χ4n) is 1.86. The van der Waals surface area contributed by atoms with Crippen LogP contribution in [-0.4, -0.2) is 41.0 Å². The summed E-state index contributed by atoms with van der Waals surface area (Å²) < 4.78 is 16.4. The maximum Gasteiger partial charge on any atom is 0.249 e. The molecule has 0 aliphatic carbocycles. The second-order valence-electron chi connectivity index (χ2n) is 6.53. The zero-order valence-corrected chi connectivity index (χ0v) is 15.4. The van der Waals surface area contributed by atoms with E-state index in [9.17, 15) is 9.00 Å². The lowest BCUT2D eigenvalue weighted by Crippen LogP contribution is -2.42. The summed E-state index contributed by atoms with van der Waals surface area (Å²) in [6.07, 6.45) is 0.805. The standard InChI is InChI=1S/C15H23N5O3S/c1-9(2)6-7-24(22)15(4,5)13(21)17-14-16-12(18-19-14)11-8-10(3)23-20-11/h8-9H,6-7H2,1-5H3,(H2,16,17,18,19,21). The molecule has 0 radical (unpaired) electrons. The van der Waals surface area contributed by atoms with Crippen molar-refractivity contribution in [2.24, 2.45) is 5.92 Å². The molecule has 2 rings (SSSR count). The Kier molecular flexibility index (Phi) is 5.53. The Morgan fingerprint density at radius 1 is 1.46 bits per heavy atom. The summed E-state index contributed by atoms with van der Waals surface area (Å²) in [6, 6.07) is 1.71. The Labute approximate surface area is 143 Å². The van der Waals surface area contributed by atoms with Crippen LogP contribution in [-0.2, 0) is 15.6 Å². The average Bonchev–Trinajstić information content (AvgIpc) is 3.13. The van der Waals surface area contributed by atoms with Gasteiger partial charge in [0.2, 0.25) is 11.9 Å². The first-order valence-electron chi connectivity index (χ1n) is 7.76. The summed E-state index contributed by atoms with van der Waals surface area (Å²) >= 11 is 0. The third-order valence-electron chi connectivity index (χ3n) is 3.58. The Hall–Kier alpha value is -2.03. The van der Waals surface area contributed by atoms with Gasteiger partial charge >= 0.3 is 0 Å². The topological polar surface area (TPSA) is 114 Å². The van der Waals surface area contributed by atoms with Crippen LogP contribution < -0.4 is 5.32 Å². The number of aromatic nitrogens is 4. The highest BCUT2D eigenvalue weighted by atomic mass is 32.2. The van der Waals surface area contributed by atoms with Gasteiger partial charge < -0.3 is 4.52 Å². The largest absolute Gasteiger partial charge is 0.361 e. The molecule has 0 fully saturated rings. The number of nitrogens with one attached hydrogen (secondary N) is 2. The first-order valence-corrected chi connectivity index (χ1v) is 9.08. The predicted molar refractivity (Wildman–Crippen MR) is 91.8 cm³/mol. The second-order valence-corrected chi connectivity index (χ2v) is 8.65. The molecule has 0 saturated carbocycles. The van der Waals surface area contributed by atoms with Crippen LogP contribution in [0.1, 0.15) is 39.9 Å². The van der Waals surface area contributed by atoms with E-state index in [1.807, 2.05) is 0 Å². The molecule has 0 bridgehead atoms. The second kappa shape index (κ2) is 7.25. The van der Waals surface area contributed by atoms with Crippen LogP contribution in [0.3, 0.4) is 0 Å². The van der Waals surface area contributed by atoms with Gasteiger partial charge in [-0.1, -0.05) is 19.0 Å². The first-order chi connectivity index (χ1) is 11.2.